The fraction of sp³-hybridized carbons (Fsp3) is 0.400. The molecule has 0 bridgehead atoms. The number of nitrogens with zero attached hydrogens (tertiary/aromatic N) is 1. The summed E-state index contributed by atoms with van der Waals surface area (Å²) in [6.45, 7) is 4.79. The second-order valence-electron chi connectivity index (χ2n) is 5.57. The highest BCUT2D eigenvalue weighted by molar-refractivity contribution is 7.09. The second-order valence-corrected chi connectivity index (χ2v) is 6.61. The van der Waals surface area contributed by atoms with Crippen LogP contribution in [0.1, 0.15) is 30.9 Å². The van der Waals surface area contributed by atoms with Crippen molar-refractivity contribution in [3.05, 3.63) is 46.5 Å². The average molecular weight is 292 g/mol. The Morgan fingerprint density at radius 1 is 1.35 bits per heavy atom. The summed E-state index contributed by atoms with van der Waals surface area (Å²) in [7, 11) is 0. The van der Waals surface area contributed by atoms with Crippen LogP contribution in [0.3, 0.4) is 0 Å². The monoisotopic (exact) mass is 292 g/mol. The molecule has 2 rings (SSSR count). The highest BCUT2D eigenvalue weighted by atomic mass is 32.1. The van der Waals surface area contributed by atoms with Crippen molar-refractivity contribution in [3.8, 4) is 0 Å². The topological polar surface area (TPSA) is 59.5 Å². The minimum Gasteiger partial charge on any atom is -0.467 e. The molecule has 0 aliphatic heterocycles. The summed E-state index contributed by atoms with van der Waals surface area (Å²) < 4.78 is 5.34. The van der Waals surface area contributed by atoms with Gasteiger partial charge in [0, 0.05) is 16.8 Å². The number of hydrogen-bond acceptors (Lipinski definition) is 4. The molecule has 2 aromatic heterocycles. The maximum Gasteiger partial charge on any atom is 0.225 e. The first-order chi connectivity index (χ1) is 9.44. The number of carbonyl (C=O) groups is 1. The standard InChI is InChI=1S/C15H20N2O2S/c1-15(2,16)9-14(18)17(10-12-5-3-7-19-12)11-13-6-4-8-20-13/h3-8H,9-11,16H2,1-2H3. The van der Waals surface area contributed by atoms with Crippen molar-refractivity contribution >= 4 is 17.2 Å². The first-order valence-electron chi connectivity index (χ1n) is 6.55. The van der Waals surface area contributed by atoms with Crippen molar-refractivity contribution in [2.45, 2.75) is 38.9 Å². The molecule has 0 aliphatic carbocycles. The van der Waals surface area contributed by atoms with Gasteiger partial charge in [0.2, 0.25) is 5.91 Å². The molecule has 0 atom stereocenters. The van der Waals surface area contributed by atoms with E-state index in [1.54, 1.807) is 22.5 Å². The Morgan fingerprint density at radius 3 is 2.70 bits per heavy atom. The van der Waals surface area contributed by atoms with Gasteiger partial charge >= 0.3 is 0 Å². The van der Waals surface area contributed by atoms with Crippen molar-refractivity contribution < 1.29 is 9.21 Å². The van der Waals surface area contributed by atoms with Gasteiger partial charge in [0.15, 0.2) is 0 Å². The van der Waals surface area contributed by atoms with Gasteiger partial charge in [-0.2, -0.15) is 0 Å². The van der Waals surface area contributed by atoms with Gasteiger partial charge in [-0.05, 0) is 37.4 Å². The zero-order valence-electron chi connectivity index (χ0n) is 11.8. The number of carbonyl (C=O) groups excluding carboxylic acids is 1. The Kier molecular flexibility index (Phi) is 4.62. The van der Waals surface area contributed by atoms with Gasteiger partial charge in [0.1, 0.15) is 5.76 Å². The van der Waals surface area contributed by atoms with E-state index >= 15 is 0 Å². The van der Waals surface area contributed by atoms with Crippen LogP contribution in [0.4, 0.5) is 0 Å². The van der Waals surface area contributed by atoms with Gasteiger partial charge in [0.25, 0.3) is 0 Å². The van der Waals surface area contributed by atoms with Crippen molar-refractivity contribution in [1.29, 1.82) is 0 Å². The summed E-state index contributed by atoms with van der Waals surface area (Å²) in [6.07, 6.45) is 1.94. The fourth-order valence-corrected chi connectivity index (χ4v) is 2.63. The molecule has 1 amide bonds. The van der Waals surface area contributed by atoms with E-state index in [1.807, 2.05) is 43.5 Å². The van der Waals surface area contributed by atoms with Crippen LogP contribution in [0, 0.1) is 0 Å². The zero-order chi connectivity index (χ0) is 14.6. The lowest BCUT2D eigenvalue weighted by atomic mass is 10.0. The van der Waals surface area contributed by atoms with Crippen LogP contribution in [0.15, 0.2) is 40.3 Å². The quantitative estimate of drug-likeness (QED) is 0.890. The number of nitrogens with two attached hydrogens (primary N) is 1. The molecule has 20 heavy (non-hydrogen) atoms. The largest absolute Gasteiger partial charge is 0.467 e. The molecular formula is C15H20N2O2S. The molecule has 0 radical (unpaired) electrons. The van der Waals surface area contributed by atoms with E-state index in [0.29, 0.717) is 19.5 Å². The lowest BCUT2D eigenvalue weighted by Gasteiger charge is -2.25. The third kappa shape index (κ3) is 4.51. The normalized spacial score (nSPS) is 11.6. The number of thiophene rings is 1. The molecule has 0 unspecified atom stereocenters. The minimum absolute atomic E-state index is 0.0438. The van der Waals surface area contributed by atoms with Gasteiger partial charge in [-0.3, -0.25) is 4.79 Å². The van der Waals surface area contributed by atoms with E-state index in [1.165, 1.54) is 0 Å². The number of rotatable bonds is 6. The molecule has 2 heterocycles. The van der Waals surface area contributed by atoms with Crippen LogP contribution in [-0.4, -0.2) is 16.3 Å². The second kappa shape index (κ2) is 6.24. The van der Waals surface area contributed by atoms with Gasteiger partial charge in [-0.25, -0.2) is 0 Å². The van der Waals surface area contributed by atoms with Gasteiger partial charge in [-0.15, -0.1) is 11.3 Å². The van der Waals surface area contributed by atoms with E-state index in [9.17, 15) is 4.79 Å². The molecule has 0 saturated carbocycles. The van der Waals surface area contributed by atoms with Crippen LogP contribution in [0.25, 0.3) is 0 Å². The first-order valence-corrected chi connectivity index (χ1v) is 7.43. The van der Waals surface area contributed by atoms with E-state index in [0.717, 1.165) is 10.6 Å². The summed E-state index contributed by atoms with van der Waals surface area (Å²) in [5.74, 6) is 0.826. The predicted molar refractivity (Wildman–Crippen MR) is 80.2 cm³/mol. The van der Waals surface area contributed by atoms with Gasteiger partial charge in [0.05, 0.1) is 19.4 Å². The van der Waals surface area contributed by atoms with Crippen LogP contribution in [-0.2, 0) is 17.9 Å². The van der Waals surface area contributed by atoms with Gasteiger partial charge < -0.3 is 15.1 Å². The summed E-state index contributed by atoms with van der Waals surface area (Å²) in [5.41, 5.74) is 5.45. The van der Waals surface area contributed by atoms with Crippen molar-refractivity contribution in [1.82, 2.24) is 4.90 Å². The molecule has 0 spiro atoms. The van der Waals surface area contributed by atoms with Crippen LogP contribution < -0.4 is 5.73 Å². The number of hydrogen-bond donors (Lipinski definition) is 1. The Balaban J connectivity index is 2.08. The van der Waals surface area contributed by atoms with E-state index in [4.69, 9.17) is 10.2 Å². The molecule has 0 fully saturated rings. The number of amides is 1. The van der Waals surface area contributed by atoms with Gasteiger partial charge in [-0.1, -0.05) is 6.07 Å². The van der Waals surface area contributed by atoms with Crippen LogP contribution >= 0.6 is 11.3 Å². The fourth-order valence-electron chi connectivity index (χ4n) is 1.92. The highest BCUT2D eigenvalue weighted by Gasteiger charge is 2.22. The lowest BCUT2D eigenvalue weighted by molar-refractivity contribution is -0.133. The summed E-state index contributed by atoms with van der Waals surface area (Å²) in [4.78, 5) is 15.4. The van der Waals surface area contributed by atoms with E-state index in [2.05, 4.69) is 0 Å². The van der Waals surface area contributed by atoms with Crippen molar-refractivity contribution in [2.24, 2.45) is 5.73 Å². The summed E-state index contributed by atoms with van der Waals surface area (Å²) >= 11 is 1.64. The molecule has 0 aliphatic rings. The zero-order valence-corrected chi connectivity index (χ0v) is 12.7. The average Bonchev–Trinajstić information content (AvgIpc) is 2.98. The Hall–Kier alpha value is -1.59. The summed E-state index contributed by atoms with van der Waals surface area (Å²) in [6, 6.07) is 7.72. The van der Waals surface area contributed by atoms with Crippen molar-refractivity contribution in [3.63, 3.8) is 0 Å². The molecule has 0 saturated heterocycles. The molecule has 4 nitrogen and oxygen atoms in total. The smallest absolute Gasteiger partial charge is 0.225 e. The van der Waals surface area contributed by atoms with Crippen molar-refractivity contribution in [2.75, 3.05) is 0 Å². The molecule has 0 aromatic carbocycles. The van der Waals surface area contributed by atoms with E-state index < -0.39 is 5.54 Å². The SMILES string of the molecule is CC(C)(N)CC(=O)N(Cc1ccco1)Cc1cccs1. The maximum absolute atomic E-state index is 12.4. The predicted octanol–water partition coefficient (Wildman–Crippen LogP) is 3.00. The number of furan rings is 1. The Bertz CT molecular complexity index is 490. The molecule has 2 N–H and O–H groups in total. The Labute approximate surface area is 123 Å². The molecule has 5 heteroatoms. The lowest BCUT2D eigenvalue weighted by Crippen LogP contribution is -2.40. The minimum atomic E-state index is -0.506. The van der Waals surface area contributed by atoms with E-state index in [-0.39, 0.29) is 5.91 Å². The third-order valence-corrected chi connectivity index (χ3v) is 3.67. The highest BCUT2D eigenvalue weighted by Crippen LogP contribution is 2.17. The molecule has 2 aromatic rings. The Morgan fingerprint density at radius 2 is 2.15 bits per heavy atom. The first kappa shape index (κ1) is 14.8. The van der Waals surface area contributed by atoms with Crippen LogP contribution in [0.5, 0.6) is 0 Å². The van der Waals surface area contributed by atoms with Crippen LogP contribution in [0.2, 0.25) is 0 Å². The molecular weight excluding hydrogens is 272 g/mol. The molecule has 108 valence electrons. The third-order valence-electron chi connectivity index (χ3n) is 2.81. The maximum atomic E-state index is 12.4. The summed E-state index contributed by atoms with van der Waals surface area (Å²) in [5, 5.41) is 2.01.